The Morgan fingerprint density at radius 1 is 1.00 bits per heavy atom. The summed E-state index contributed by atoms with van der Waals surface area (Å²) in [5.74, 6) is 0.779. The normalized spacial score (nSPS) is 11.3. The molecule has 0 bridgehead atoms. The van der Waals surface area contributed by atoms with E-state index in [0.717, 1.165) is 31.4 Å². The molecule has 4 aromatic rings. The lowest BCUT2D eigenvalue weighted by Crippen LogP contribution is -1.92. The minimum absolute atomic E-state index is 0.779. The first kappa shape index (κ1) is 14.5. The fourth-order valence-corrected chi connectivity index (χ4v) is 4.13. The molecule has 114 valence electrons. The highest BCUT2D eigenvalue weighted by molar-refractivity contribution is 9.10. The maximum Gasteiger partial charge on any atom is 0.235 e. The largest absolute Gasteiger partial charge is 0.235 e. The van der Waals surface area contributed by atoms with Gasteiger partial charge in [0.15, 0.2) is 5.82 Å². The van der Waals surface area contributed by atoms with E-state index in [4.69, 9.17) is 5.10 Å². The standard InChI is InChI=1S/C17H13BrN4S/c1-10-7-11(2)9-12(8-10)15-19-20-17-22(15)21-16(23-17)13-5-3-4-6-14(13)18/h3-9H,1-2H3. The summed E-state index contributed by atoms with van der Waals surface area (Å²) < 4.78 is 2.85. The van der Waals surface area contributed by atoms with Crippen molar-refractivity contribution in [1.29, 1.82) is 0 Å². The average molecular weight is 385 g/mol. The van der Waals surface area contributed by atoms with Gasteiger partial charge in [0.2, 0.25) is 4.96 Å². The van der Waals surface area contributed by atoms with Gasteiger partial charge >= 0.3 is 0 Å². The van der Waals surface area contributed by atoms with Gasteiger partial charge in [0.05, 0.1) is 0 Å². The third-order valence-corrected chi connectivity index (χ3v) is 5.20. The van der Waals surface area contributed by atoms with E-state index in [1.807, 2.05) is 28.8 Å². The SMILES string of the molecule is Cc1cc(C)cc(-c2nnc3sc(-c4ccccc4Br)nn23)c1. The Morgan fingerprint density at radius 3 is 2.48 bits per heavy atom. The number of benzene rings is 2. The molecule has 0 aliphatic rings. The number of rotatable bonds is 2. The van der Waals surface area contributed by atoms with E-state index in [-0.39, 0.29) is 0 Å². The van der Waals surface area contributed by atoms with Crippen LogP contribution in [-0.2, 0) is 0 Å². The zero-order valence-electron chi connectivity index (χ0n) is 12.6. The van der Waals surface area contributed by atoms with Crippen molar-refractivity contribution in [2.24, 2.45) is 0 Å². The lowest BCUT2D eigenvalue weighted by atomic mass is 10.1. The van der Waals surface area contributed by atoms with E-state index in [1.165, 1.54) is 22.5 Å². The minimum atomic E-state index is 0.779. The van der Waals surface area contributed by atoms with Crippen LogP contribution in [0.3, 0.4) is 0 Å². The van der Waals surface area contributed by atoms with E-state index in [9.17, 15) is 0 Å². The highest BCUT2D eigenvalue weighted by Crippen LogP contribution is 2.32. The first-order chi connectivity index (χ1) is 11.1. The fraction of sp³-hybridized carbons (Fsp3) is 0.118. The molecule has 2 aromatic carbocycles. The van der Waals surface area contributed by atoms with Gasteiger partial charge in [-0.3, -0.25) is 0 Å². The van der Waals surface area contributed by atoms with Crippen LogP contribution in [0.2, 0.25) is 0 Å². The Hall–Kier alpha value is -2.05. The Morgan fingerprint density at radius 2 is 1.74 bits per heavy atom. The summed E-state index contributed by atoms with van der Waals surface area (Å²) in [7, 11) is 0. The first-order valence-electron chi connectivity index (χ1n) is 7.17. The van der Waals surface area contributed by atoms with Gasteiger partial charge in [-0.2, -0.15) is 9.61 Å². The number of fused-ring (bicyclic) bond motifs is 1. The topological polar surface area (TPSA) is 43.1 Å². The van der Waals surface area contributed by atoms with E-state index in [0.29, 0.717) is 0 Å². The molecular weight excluding hydrogens is 372 g/mol. The second-order valence-corrected chi connectivity index (χ2v) is 7.29. The molecule has 2 heterocycles. The van der Waals surface area contributed by atoms with E-state index < -0.39 is 0 Å². The maximum absolute atomic E-state index is 4.72. The van der Waals surface area contributed by atoms with Gasteiger partial charge in [-0.05, 0) is 32.0 Å². The molecule has 0 aliphatic heterocycles. The van der Waals surface area contributed by atoms with Crippen LogP contribution < -0.4 is 0 Å². The van der Waals surface area contributed by atoms with Gasteiger partial charge in [-0.15, -0.1) is 10.2 Å². The van der Waals surface area contributed by atoms with Crippen LogP contribution in [0.4, 0.5) is 0 Å². The van der Waals surface area contributed by atoms with Crippen molar-refractivity contribution in [3.63, 3.8) is 0 Å². The highest BCUT2D eigenvalue weighted by atomic mass is 79.9. The molecular formula is C17H13BrN4S. The molecule has 4 rings (SSSR count). The predicted octanol–water partition coefficient (Wildman–Crippen LogP) is 4.90. The Bertz CT molecular complexity index is 998. The lowest BCUT2D eigenvalue weighted by molar-refractivity contribution is 0.969. The molecule has 0 N–H and O–H groups in total. The zero-order chi connectivity index (χ0) is 16.0. The molecule has 0 atom stereocenters. The molecule has 23 heavy (non-hydrogen) atoms. The van der Waals surface area contributed by atoms with Gasteiger partial charge in [-0.25, -0.2) is 0 Å². The van der Waals surface area contributed by atoms with Crippen LogP contribution in [0.5, 0.6) is 0 Å². The van der Waals surface area contributed by atoms with Gasteiger partial charge in [-0.1, -0.05) is 62.7 Å². The number of hydrogen-bond donors (Lipinski definition) is 0. The average Bonchev–Trinajstić information content (AvgIpc) is 3.06. The quantitative estimate of drug-likeness (QED) is 0.493. The molecule has 0 spiro atoms. The van der Waals surface area contributed by atoms with Gasteiger partial charge in [0.25, 0.3) is 0 Å². The number of hydrogen-bond acceptors (Lipinski definition) is 4. The van der Waals surface area contributed by atoms with E-state index >= 15 is 0 Å². The third-order valence-electron chi connectivity index (χ3n) is 3.58. The van der Waals surface area contributed by atoms with Crippen molar-refractivity contribution >= 4 is 32.2 Å². The zero-order valence-corrected chi connectivity index (χ0v) is 15.0. The Labute approximate surface area is 145 Å². The first-order valence-corrected chi connectivity index (χ1v) is 8.78. The molecule has 6 heteroatoms. The molecule has 0 saturated carbocycles. The van der Waals surface area contributed by atoms with Crippen LogP contribution >= 0.6 is 27.3 Å². The van der Waals surface area contributed by atoms with Crippen LogP contribution in [0.15, 0.2) is 46.9 Å². The molecule has 0 fully saturated rings. The van der Waals surface area contributed by atoms with Gasteiger partial charge in [0.1, 0.15) is 5.01 Å². The van der Waals surface area contributed by atoms with Gasteiger partial charge in [0, 0.05) is 15.6 Å². The Balaban J connectivity index is 1.89. The summed E-state index contributed by atoms with van der Waals surface area (Å²) in [5.41, 5.74) is 4.52. The van der Waals surface area contributed by atoms with Crippen LogP contribution in [-0.4, -0.2) is 19.8 Å². The van der Waals surface area contributed by atoms with Crippen LogP contribution in [0.25, 0.3) is 26.9 Å². The van der Waals surface area contributed by atoms with Crippen molar-refractivity contribution in [3.8, 4) is 22.0 Å². The molecule has 0 unspecified atom stereocenters. The van der Waals surface area contributed by atoms with Crippen molar-refractivity contribution in [2.75, 3.05) is 0 Å². The monoisotopic (exact) mass is 384 g/mol. The minimum Gasteiger partial charge on any atom is -0.182 e. The fourth-order valence-electron chi connectivity index (χ4n) is 2.64. The lowest BCUT2D eigenvalue weighted by Gasteiger charge is -2.02. The summed E-state index contributed by atoms with van der Waals surface area (Å²) in [6.45, 7) is 4.17. The van der Waals surface area contributed by atoms with Gasteiger partial charge < -0.3 is 0 Å². The summed E-state index contributed by atoms with van der Waals surface area (Å²) in [4.78, 5) is 0.796. The van der Waals surface area contributed by atoms with E-state index in [1.54, 1.807) is 0 Å². The summed E-state index contributed by atoms with van der Waals surface area (Å²) >= 11 is 5.12. The van der Waals surface area contributed by atoms with E-state index in [2.05, 4.69) is 58.2 Å². The van der Waals surface area contributed by atoms with Crippen molar-refractivity contribution in [1.82, 2.24) is 19.8 Å². The van der Waals surface area contributed by atoms with Crippen molar-refractivity contribution < 1.29 is 0 Å². The molecule has 4 nitrogen and oxygen atoms in total. The predicted molar refractivity (Wildman–Crippen MR) is 96.7 cm³/mol. The third kappa shape index (κ3) is 2.58. The van der Waals surface area contributed by atoms with Crippen molar-refractivity contribution in [3.05, 3.63) is 58.1 Å². The Kier molecular flexibility index (Phi) is 3.50. The second-order valence-electron chi connectivity index (χ2n) is 5.48. The number of halogens is 1. The van der Waals surface area contributed by atoms with Crippen LogP contribution in [0, 0.1) is 13.8 Å². The number of nitrogens with zero attached hydrogens (tertiary/aromatic N) is 4. The van der Waals surface area contributed by atoms with Crippen LogP contribution in [0.1, 0.15) is 11.1 Å². The summed E-state index contributed by atoms with van der Waals surface area (Å²) in [6, 6.07) is 14.4. The second kappa shape index (κ2) is 5.54. The maximum atomic E-state index is 4.72. The summed E-state index contributed by atoms with van der Waals surface area (Å²) in [6.07, 6.45) is 0. The highest BCUT2D eigenvalue weighted by Gasteiger charge is 2.16. The number of aromatic nitrogens is 4. The smallest absolute Gasteiger partial charge is 0.182 e. The number of aryl methyl sites for hydroxylation is 2. The molecule has 2 aromatic heterocycles. The molecule has 0 amide bonds. The molecule has 0 saturated heterocycles. The molecule has 0 radical (unpaired) electrons. The molecule has 0 aliphatic carbocycles. The van der Waals surface area contributed by atoms with Crippen molar-refractivity contribution in [2.45, 2.75) is 13.8 Å². The summed E-state index contributed by atoms with van der Waals surface area (Å²) in [5, 5.41) is 14.2.